The van der Waals surface area contributed by atoms with Gasteiger partial charge in [0.1, 0.15) is 5.82 Å². The average molecular weight is 340 g/mol. The van der Waals surface area contributed by atoms with Crippen LogP contribution in [0.25, 0.3) is 0 Å². The minimum atomic E-state index is -3.84. The molecule has 1 aromatic carbocycles. The number of aryl methyl sites for hydroxylation is 1. The summed E-state index contributed by atoms with van der Waals surface area (Å²) in [5, 5.41) is 0.835. The van der Waals surface area contributed by atoms with Crippen molar-refractivity contribution >= 4 is 42.9 Å². The number of hydrogen-bond acceptors (Lipinski definition) is 3. The second-order valence-electron chi connectivity index (χ2n) is 3.89. The normalized spacial score (nSPS) is 11.8. The second kappa shape index (κ2) is 5.32. The van der Waals surface area contributed by atoms with Crippen molar-refractivity contribution in [3.05, 3.63) is 45.8 Å². The van der Waals surface area contributed by atoms with E-state index in [-0.39, 0.29) is 5.03 Å². The summed E-state index contributed by atoms with van der Waals surface area (Å²) in [6.45, 7) is 2.00. The highest BCUT2D eigenvalue weighted by Crippen LogP contribution is 2.26. The molecule has 0 saturated carbocycles. The van der Waals surface area contributed by atoms with Gasteiger partial charge in [0.05, 0.1) is 6.54 Å². The number of hydrogen-bond donors (Lipinski definition) is 0. The Morgan fingerprint density at radius 1 is 1.26 bits per heavy atom. The lowest BCUT2D eigenvalue weighted by Crippen LogP contribution is -2.02. The van der Waals surface area contributed by atoms with Gasteiger partial charge in [-0.25, -0.2) is 13.4 Å². The first-order chi connectivity index (χ1) is 8.79. The van der Waals surface area contributed by atoms with E-state index in [4.69, 9.17) is 33.9 Å². The van der Waals surface area contributed by atoms with E-state index in [1.807, 2.05) is 0 Å². The summed E-state index contributed by atoms with van der Waals surface area (Å²) < 4.78 is 24.1. The van der Waals surface area contributed by atoms with Crippen molar-refractivity contribution in [2.24, 2.45) is 0 Å². The van der Waals surface area contributed by atoms with Crippen LogP contribution in [-0.4, -0.2) is 18.0 Å². The molecule has 0 bridgehead atoms. The fourth-order valence-electron chi connectivity index (χ4n) is 1.61. The van der Waals surface area contributed by atoms with Gasteiger partial charge in [0.25, 0.3) is 9.05 Å². The number of imidazole rings is 1. The van der Waals surface area contributed by atoms with E-state index >= 15 is 0 Å². The highest BCUT2D eigenvalue weighted by atomic mass is 35.7. The average Bonchev–Trinajstić information content (AvgIpc) is 2.65. The molecule has 4 nitrogen and oxygen atoms in total. The molecule has 0 unspecified atom stereocenters. The highest BCUT2D eigenvalue weighted by Gasteiger charge is 2.17. The quantitative estimate of drug-likeness (QED) is 0.805. The molecule has 0 N–H and O–H groups in total. The Morgan fingerprint density at radius 3 is 2.32 bits per heavy atom. The number of nitrogens with zero attached hydrogens (tertiary/aromatic N) is 2. The van der Waals surface area contributed by atoms with Crippen LogP contribution in [-0.2, 0) is 15.6 Å². The summed E-state index contributed by atoms with van der Waals surface area (Å²) in [5.41, 5.74) is 0.699. The molecule has 0 aliphatic rings. The SMILES string of the molecule is Cc1nc(S(=O)(=O)Cl)cn1Cc1c(Cl)cccc1Cl. The number of rotatable bonds is 3. The molecule has 2 aromatic rings. The summed E-state index contributed by atoms with van der Waals surface area (Å²) >= 11 is 12.1. The number of benzene rings is 1. The smallest absolute Gasteiger partial charge is 0.280 e. The Bertz CT molecular complexity index is 705. The monoisotopic (exact) mass is 338 g/mol. The van der Waals surface area contributed by atoms with Gasteiger partial charge < -0.3 is 4.57 Å². The lowest BCUT2D eigenvalue weighted by atomic mass is 10.2. The number of aromatic nitrogens is 2. The maximum absolute atomic E-state index is 11.2. The second-order valence-corrected chi connectivity index (χ2v) is 7.22. The van der Waals surface area contributed by atoms with Crippen LogP contribution < -0.4 is 0 Å². The molecule has 2 rings (SSSR count). The molecular weight excluding hydrogens is 331 g/mol. The Balaban J connectivity index is 2.42. The van der Waals surface area contributed by atoms with Crippen LogP contribution in [0.15, 0.2) is 29.4 Å². The maximum atomic E-state index is 11.2. The van der Waals surface area contributed by atoms with Gasteiger partial charge in [-0.2, -0.15) is 0 Å². The molecule has 0 spiro atoms. The Morgan fingerprint density at radius 2 is 1.84 bits per heavy atom. The predicted molar refractivity (Wildman–Crippen MR) is 75.6 cm³/mol. The fourth-order valence-corrected chi connectivity index (χ4v) is 2.84. The molecular formula is C11H9Cl3N2O2S. The van der Waals surface area contributed by atoms with E-state index in [1.165, 1.54) is 6.20 Å². The first-order valence-electron chi connectivity index (χ1n) is 5.20. The van der Waals surface area contributed by atoms with Gasteiger partial charge in [0, 0.05) is 32.5 Å². The summed E-state index contributed by atoms with van der Waals surface area (Å²) in [6.07, 6.45) is 1.36. The van der Waals surface area contributed by atoms with Crippen LogP contribution in [0.4, 0.5) is 0 Å². The third-order valence-electron chi connectivity index (χ3n) is 2.59. The van der Waals surface area contributed by atoms with Crippen molar-refractivity contribution in [2.45, 2.75) is 18.5 Å². The van der Waals surface area contributed by atoms with Gasteiger partial charge in [-0.3, -0.25) is 0 Å². The molecule has 0 aliphatic carbocycles. The predicted octanol–water partition coefficient (Wildman–Crippen LogP) is 3.47. The summed E-state index contributed by atoms with van der Waals surface area (Å²) in [6, 6.07) is 5.17. The topological polar surface area (TPSA) is 52.0 Å². The first kappa shape index (κ1) is 14.7. The van der Waals surface area contributed by atoms with Gasteiger partial charge >= 0.3 is 0 Å². The molecule has 8 heteroatoms. The van der Waals surface area contributed by atoms with Crippen LogP contribution in [0.2, 0.25) is 10.0 Å². The molecule has 0 amide bonds. The van der Waals surface area contributed by atoms with Crippen LogP contribution >= 0.6 is 33.9 Å². The zero-order chi connectivity index (χ0) is 14.2. The van der Waals surface area contributed by atoms with Crippen molar-refractivity contribution in [1.29, 1.82) is 0 Å². The Labute approximate surface area is 125 Å². The van der Waals surface area contributed by atoms with Crippen molar-refractivity contribution in [3.8, 4) is 0 Å². The van der Waals surface area contributed by atoms with Crippen LogP contribution in [0.3, 0.4) is 0 Å². The van der Waals surface area contributed by atoms with Crippen LogP contribution in [0, 0.1) is 6.92 Å². The molecule has 0 saturated heterocycles. The van der Waals surface area contributed by atoms with Gasteiger partial charge in [-0.05, 0) is 19.1 Å². The summed E-state index contributed by atoms with van der Waals surface area (Å²) in [7, 11) is 1.41. The molecule has 0 fully saturated rings. The molecule has 19 heavy (non-hydrogen) atoms. The van der Waals surface area contributed by atoms with E-state index < -0.39 is 9.05 Å². The van der Waals surface area contributed by atoms with Crippen molar-refractivity contribution in [1.82, 2.24) is 9.55 Å². The first-order valence-corrected chi connectivity index (χ1v) is 8.27. The molecule has 1 aromatic heterocycles. The van der Waals surface area contributed by atoms with Gasteiger partial charge in [-0.1, -0.05) is 29.3 Å². The largest absolute Gasteiger partial charge is 0.329 e. The zero-order valence-corrected chi connectivity index (χ0v) is 12.9. The van der Waals surface area contributed by atoms with Gasteiger partial charge in [-0.15, -0.1) is 0 Å². The van der Waals surface area contributed by atoms with Gasteiger partial charge in [0.2, 0.25) is 0 Å². The Kier molecular flexibility index (Phi) is 4.11. The van der Waals surface area contributed by atoms with Crippen molar-refractivity contribution in [2.75, 3.05) is 0 Å². The van der Waals surface area contributed by atoms with E-state index in [0.717, 1.165) is 0 Å². The third-order valence-corrected chi connectivity index (χ3v) is 4.47. The van der Waals surface area contributed by atoms with E-state index in [1.54, 1.807) is 29.7 Å². The molecule has 1 heterocycles. The molecule has 0 aliphatic heterocycles. The minimum Gasteiger partial charge on any atom is -0.329 e. The summed E-state index contributed by atoms with van der Waals surface area (Å²) in [5.74, 6) is 0.509. The fraction of sp³-hybridized carbons (Fsp3) is 0.182. The van der Waals surface area contributed by atoms with Crippen molar-refractivity contribution < 1.29 is 8.42 Å². The standard InChI is InChI=1S/C11H9Cl3N2O2S/c1-7-15-11(19(14,17)18)6-16(7)5-8-9(12)3-2-4-10(8)13/h2-4,6H,5H2,1H3. The molecule has 102 valence electrons. The Hall–Kier alpha value is -0.750. The lowest BCUT2D eigenvalue weighted by Gasteiger charge is -2.08. The van der Waals surface area contributed by atoms with Crippen molar-refractivity contribution in [3.63, 3.8) is 0 Å². The summed E-state index contributed by atoms with van der Waals surface area (Å²) in [4.78, 5) is 3.89. The van der Waals surface area contributed by atoms with E-state index in [2.05, 4.69) is 4.98 Å². The lowest BCUT2D eigenvalue weighted by molar-refractivity contribution is 0.606. The third kappa shape index (κ3) is 3.23. The maximum Gasteiger partial charge on any atom is 0.280 e. The van der Waals surface area contributed by atoms with E-state index in [9.17, 15) is 8.42 Å². The zero-order valence-electron chi connectivity index (χ0n) is 9.77. The molecule has 0 radical (unpaired) electrons. The molecule has 0 atom stereocenters. The van der Waals surface area contributed by atoms with Gasteiger partial charge in [0.15, 0.2) is 5.03 Å². The van der Waals surface area contributed by atoms with E-state index in [0.29, 0.717) is 28.0 Å². The highest BCUT2D eigenvalue weighted by molar-refractivity contribution is 8.13. The minimum absolute atomic E-state index is 0.185. The number of halogens is 3. The van der Waals surface area contributed by atoms with Crippen LogP contribution in [0.5, 0.6) is 0 Å². The van der Waals surface area contributed by atoms with Crippen LogP contribution in [0.1, 0.15) is 11.4 Å².